The number of unbranched alkanes of at least 4 members (excludes halogenated alkanes) is 1. The van der Waals surface area contributed by atoms with Crippen LogP contribution in [-0.4, -0.2) is 28.3 Å². The number of fused-ring (bicyclic) bond motifs is 1. The van der Waals surface area contributed by atoms with E-state index in [2.05, 4.69) is 23.5 Å². The van der Waals surface area contributed by atoms with Gasteiger partial charge in [0.2, 0.25) is 12.7 Å². The number of nitrogens with zero attached hydrogens (tertiary/aromatic N) is 1. The summed E-state index contributed by atoms with van der Waals surface area (Å²) >= 11 is 0. The first kappa shape index (κ1) is 28.0. The Morgan fingerprint density at radius 3 is 2.41 bits per heavy atom. The summed E-state index contributed by atoms with van der Waals surface area (Å²) in [6, 6.07) is 11.7. The highest BCUT2D eigenvalue weighted by Gasteiger charge is 2.27. The van der Waals surface area contributed by atoms with Gasteiger partial charge in [-0.05, 0) is 62.1 Å². The molecule has 3 aromatic rings. The van der Waals surface area contributed by atoms with Crippen molar-refractivity contribution in [2.45, 2.75) is 71.9 Å². The molecule has 1 aliphatic rings. The standard InChI is InChI=1S/C31H36N2O6/c1-5-6-7-26(30(36)32-25(16-29(34)35)23-8-9-27-28(15-23)39-18-38-27)33-17-21(4)13-24(31(33)37)14-22-11-19(2)10-20(3)12-22/h8-13,15,17,25-26H,5-7,14,16,18H2,1-4H3,(H,32,36)(H,34,35)/t25-,26+/m0/s1. The predicted octanol–water partition coefficient (Wildman–Crippen LogP) is 5.16. The van der Waals surface area contributed by atoms with Crippen LogP contribution in [-0.2, 0) is 16.0 Å². The molecular weight excluding hydrogens is 496 g/mol. The molecule has 206 valence electrons. The number of aromatic nitrogens is 1. The summed E-state index contributed by atoms with van der Waals surface area (Å²) in [5.74, 6) is -0.364. The minimum atomic E-state index is -1.05. The zero-order valence-electron chi connectivity index (χ0n) is 23.0. The van der Waals surface area contributed by atoms with Gasteiger partial charge in [-0.15, -0.1) is 0 Å². The SMILES string of the molecule is CCCC[C@H](C(=O)N[C@@H](CC(=O)O)c1ccc2c(c1)OCO2)n1cc(C)cc(Cc2cc(C)cc(C)c2)c1=O. The lowest BCUT2D eigenvalue weighted by molar-refractivity contribution is -0.138. The largest absolute Gasteiger partial charge is 0.481 e. The summed E-state index contributed by atoms with van der Waals surface area (Å²) in [4.78, 5) is 39.2. The molecule has 0 bridgehead atoms. The molecule has 4 rings (SSSR count). The van der Waals surface area contributed by atoms with Crippen molar-refractivity contribution >= 4 is 11.9 Å². The Kier molecular flexibility index (Phi) is 8.74. The maximum Gasteiger partial charge on any atom is 0.305 e. The topological polar surface area (TPSA) is 107 Å². The van der Waals surface area contributed by atoms with E-state index in [-0.39, 0.29) is 18.8 Å². The van der Waals surface area contributed by atoms with Crippen molar-refractivity contribution in [3.8, 4) is 11.5 Å². The third-order valence-corrected chi connectivity index (χ3v) is 6.89. The molecular formula is C31H36N2O6. The number of aliphatic carboxylic acids is 1. The second kappa shape index (κ2) is 12.2. The number of hydrogen-bond donors (Lipinski definition) is 2. The van der Waals surface area contributed by atoms with Crippen LogP contribution < -0.4 is 20.3 Å². The average molecular weight is 533 g/mol. The van der Waals surface area contributed by atoms with Gasteiger partial charge in [0.15, 0.2) is 11.5 Å². The Morgan fingerprint density at radius 2 is 1.72 bits per heavy atom. The number of carbonyl (C=O) groups excluding carboxylic acids is 1. The second-order valence-corrected chi connectivity index (χ2v) is 10.4. The molecule has 2 atom stereocenters. The molecule has 1 amide bonds. The summed E-state index contributed by atoms with van der Waals surface area (Å²) in [5.41, 5.74) is 5.18. The molecule has 8 heteroatoms. The number of pyridine rings is 1. The number of nitrogens with one attached hydrogen (secondary N) is 1. The van der Waals surface area contributed by atoms with Gasteiger partial charge >= 0.3 is 5.97 Å². The van der Waals surface area contributed by atoms with E-state index in [1.165, 1.54) is 4.57 Å². The highest BCUT2D eigenvalue weighted by molar-refractivity contribution is 5.81. The number of amides is 1. The van der Waals surface area contributed by atoms with E-state index in [4.69, 9.17) is 9.47 Å². The van der Waals surface area contributed by atoms with Crippen molar-refractivity contribution in [1.29, 1.82) is 0 Å². The minimum absolute atomic E-state index is 0.0918. The van der Waals surface area contributed by atoms with Gasteiger partial charge in [0.1, 0.15) is 6.04 Å². The smallest absolute Gasteiger partial charge is 0.305 e. The molecule has 0 saturated heterocycles. The van der Waals surface area contributed by atoms with Crippen LogP contribution in [0.4, 0.5) is 0 Å². The van der Waals surface area contributed by atoms with Crippen molar-refractivity contribution < 1.29 is 24.2 Å². The second-order valence-electron chi connectivity index (χ2n) is 10.4. The van der Waals surface area contributed by atoms with E-state index in [1.807, 2.05) is 33.8 Å². The molecule has 1 aromatic heterocycles. The molecule has 39 heavy (non-hydrogen) atoms. The van der Waals surface area contributed by atoms with E-state index in [9.17, 15) is 19.5 Å². The van der Waals surface area contributed by atoms with Crippen LogP contribution >= 0.6 is 0 Å². The molecule has 1 aliphatic heterocycles. The molecule has 8 nitrogen and oxygen atoms in total. The number of hydrogen-bond acceptors (Lipinski definition) is 5. The number of benzene rings is 2. The van der Waals surface area contributed by atoms with Crippen LogP contribution in [0.2, 0.25) is 0 Å². The molecule has 0 radical (unpaired) electrons. The van der Waals surface area contributed by atoms with E-state index >= 15 is 0 Å². The Bertz CT molecular complexity index is 1410. The summed E-state index contributed by atoms with van der Waals surface area (Å²) in [6.07, 6.45) is 3.91. The number of carbonyl (C=O) groups is 2. The monoisotopic (exact) mass is 532 g/mol. The number of rotatable bonds is 11. The Hall–Kier alpha value is -4.07. The fourth-order valence-corrected chi connectivity index (χ4v) is 5.19. The van der Waals surface area contributed by atoms with E-state index in [0.717, 1.165) is 35.1 Å². The van der Waals surface area contributed by atoms with Crippen molar-refractivity contribution in [1.82, 2.24) is 9.88 Å². The van der Waals surface area contributed by atoms with Crippen LogP contribution in [0.25, 0.3) is 0 Å². The lowest BCUT2D eigenvalue weighted by Crippen LogP contribution is -2.40. The maximum atomic E-state index is 13.8. The van der Waals surface area contributed by atoms with Gasteiger partial charge in [-0.3, -0.25) is 14.4 Å². The zero-order chi connectivity index (χ0) is 28.1. The first-order valence-corrected chi connectivity index (χ1v) is 13.3. The molecule has 2 aromatic carbocycles. The van der Waals surface area contributed by atoms with Crippen molar-refractivity contribution in [2.75, 3.05) is 6.79 Å². The van der Waals surface area contributed by atoms with Crippen LogP contribution in [0.5, 0.6) is 11.5 Å². The molecule has 0 fully saturated rings. The highest BCUT2D eigenvalue weighted by Crippen LogP contribution is 2.35. The van der Waals surface area contributed by atoms with Gasteiger partial charge in [0.05, 0.1) is 12.5 Å². The third kappa shape index (κ3) is 6.88. The molecule has 2 heterocycles. The lowest BCUT2D eigenvalue weighted by atomic mass is 9.99. The van der Waals surface area contributed by atoms with E-state index in [1.54, 1.807) is 24.4 Å². The zero-order valence-corrected chi connectivity index (χ0v) is 23.0. The number of carboxylic acids is 1. The fraction of sp³-hybridized carbons (Fsp3) is 0.387. The molecule has 0 aliphatic carbocycles. The average Bonchev–Trinajstić information content (AvgIpc) is 3.33. The van der Waals surface area contributed by atoms with E-state index in [0.29, 0.717) is 35.5 Å². The summed E-state index contributed by atoms with van der Waals surface area (Å²) in [5, 5.41) is 12.5. The van der Waals surface area contributed by atoms with Crippen LogP contribution in [0, 0.1) is 20.8 Å². The summed E-state index contributed by atoms with van der Waals surface area (Å²) < 4.78 is 12.3. The Balaban J connectivity index is 1.66. The van der Waals surface area contributed by atoms with Crippen LogP contribution in [0.15, 0.2) is 53.5 Å². The molecule has 0 unspecified atom stereocenters. The Labute approximate surface area is 228 Å². The minimum Gasteiger partial charge on any atom is -0.481 e. The van der Waals surface area contributed by atoms with Gasteiger partial charge in [-0.1, -0.05) is 55.2 Å². The normalized spacial score (nSPS) is 13.6. The number of ether oxygens (including phenoxy) is 2. The quantitative estimate of drug-likeness (QED) is 0.353. The fourth-order valence-electron chi connectivity index (χ4n) is 5.19. The van der Waals surface area contributed by atoms with Gasteiger partial charge < -0.3 is 24.5 Å². The predicted molar refractivity (Wildman–Crippen MR) is 148 cm³/mol. The maximum absolute atomic E-state index is 13.8. The first-order valence-electron chi connectivity index (χ1n) is 13.3. The first-order chi connectivity index (χ1) is 18.6. The van der Waals surface area contributed by atoms with Crippen molar-refractivity contribution in [3.63, 3.8) is 0 Å². The van der Waals surface area contributed by atoms with Gasteiger partial charge in [0, 0.05) is 18.2 Å². The Morgan fingerprint density at radius 1 is 1.00 bits per heavy atom. The highest BCUT2D eigenvalue weighted by atomic mass is 16.7. The third-order valence-electron chi connectivity index (χ3n) is 6.89. The summed E-state index contributed by atoms with van der Waals surface area (Å²) in [6.45, 7) is 8.09. The van der Waals surface area contributed by atoms with Gasteiger partial charge in [0.25, 0.3) is 5.56 Å². The molecule has 2 N–H and O–H groups in total. The molecule has 0 spiro atoms. The van der Waals surface area contributed by atoms with Crippen molar-refractivity contribution in [3.05, 3.63) is 92.4 Å². The van der Waals surface area contributed by atoms with E-state index < -0.39 is 24.0 Å². The lowest BCUT2D eigenvalue weighted by Gasteiger charge is -2.25. The van der Waals surface area contributed by atoms with Gasteiger partial charge in [-0.25, -0.2) is 0 Å². The molecule has 0 saturated carbocycles. The van der Waals surface area contributed by atoms with Crippen LogP contribution in [0.3, 0.4) is 0 Å². The van der Waals surface area contributed by atoms with Crippen LogP contribution in [0.1, 0.15) is 78.1 Å². The summed E-state index contributed by atoms with van der Waals surface area (Å²) in [7, 11) is 0. The van der Waals surface area contributed by atoms with Gasteiger partial charge in [-0.2, -0.15) is 0 Å². The van der Waals surface area contributed by atoms with Crippen molar-refractivity contribution in [2.24, 2.45) is 0 Å². The number of carboxylic acid groups (broad SMARTS) is 1. The number of aryl methyl sites for hydroxylation is 3.